The van der Waals surface area contributed by atoms with Crippen LogP contribution < -0.4 is 10.2 Å². The van der Waals surface area contributed by atoms with Gasteiger partial charge in [0.15, 0.2) is 11.6 Å². The number of piperidine rings is 1. The van der Waals surface area contributed by atoms with Gasteiger partial charge in [-0.25, -0.2) is 4.68 Å². The van der Waals surface area contributed by atoms with E-state index in [4.69, 9.17) is 0 Å². The van der Waals surface area contributed by atoms with Crippen molar-refractivity contribution < 1.29 is 4.79 Å². The monoisotopic (exact) mass is 404 g/mol. The zero-order valence-corrected chi connectivity index (χ0v) is 18.0. The summed E-state index contributed by atoms with van der Waals surface area (Å²) in [7, 11) is 0. The molecule has 30 heavy (non-hydrogen) atoms. The summed E-state index contributed by atoms with van der Waals surface area (Å²) >= 11 is 0. The first-order valence-electron chi connectivity index (χ1n) is 10.4. The van der Waals surface area contributed by atoms with E-state index in [2.05, 4.69) is 31.6 Å². The van der Waals surface area contributed by atoms with Gasteiger partial charge < -0.3 is 10.2 Å². The lowest BCUT2D eigenvalue weighted by Gasteiger charge is -2.32. The molecule has 3 heterocycles. The van der Waals surface area contributed by atoms with E-state index in [1.165, 1.54) is 0 Å². The quantitative estimate of drug-likeness (QED) is 0.717. The summed E-state index contributed by atoms with van der Waals surface area (Å²) in [6.07, 6.45) is 1.83. The Morgan fingerprint density at radius 1 is 1.00 bits per heavy atom. The molecular weight excluding hydrogens is 376 g/mol. The molecule has 0 spiro atoms. The van der Waals surface area contributed by atoms with Crippen LogP contribution in [0.4, 0.5) is 11.5 Å². The van der Waals surface area contributed by atoms with Crippen LogP contribution in [0, 0.1) is 33.6 Å². The van der Waals surface area contributed by atoms with Crippen molar-refractivity contribution >= 4 is 17.4 Å². The maximum absolute atomic E-state index is 12.9. The molecule has 7 nitrogen and oxygen atoms in total. The molecule has 0 saturated carbocycles. The van der Waals surface area contributed by atoms with Crippen LogP contribution in [0.2, 0.25) is 0 Å². The summed E-state index contributed by atoms with van der Waals surface area (Å²) in [6, 6.07) is 12.0. The van der Waals surface area contributed by atoms with Crippen LogP contribution in [-0.4, -0.2) is 39.0 Å². The van der Waals surface area contributed by atoms with E-state index in [-0.39, 0.29) is 11.8 Å². The minimum Gasteiger partial charge on any atom is -0.354 e. The van der Waals surface area contributed by atoms with Crippen LogP contribution in [-0.2, 0) is 4.79 Å². The molecule has 1 fully saturated rings. The number of aromatic nitrogens is 4. The SMILES string of the molecule is Cc1cc(C)cc(NC(=O)C2CCCN(c3ccc(-n4nc(C)cc4C)nn3)C2)c1. The molecule has 1 unspecified atom stereocenters. The number of anilines is 2. The molecule has 1 saturated heterocycles. The zero-order chi connectivity index (χ0) is 21.3. The third-order valence-corrected chi connectivity index (χ3v) is 5.47. The summed E-state index contributed by atoms with van der Waals surface area (Å²) < 4.78 is 1.79. The number of carbonyl (C=O) groups excluding carboxylic acids is 1. The molecule has 1 atom stereocenters. The topological polar surface area (TPSA) is 75.9 Å². The van der Waals surface area contributed by atoms with E-state index in [0.717, 1.165) is 53.4 Å². The number of benzene rings is 1. The van der Waals surface area contributed by atoms with Gasteiger partial charge in [0.1, 0.15) is 0 Å². The highest BCUT2D eigenvalue weighted by molar-refractivity contribution is 5.93. The van der Waals surface area contributed by atoms with Crippen LogP contribution in [0.1, 0.15) is 35.4 Å². The number of carbonyl (C=O) groups is 1. The van der Waals surface area contributed by atoms with Crippen molar-refractivity contribution in [2.45, 2.75) is 40.5 Å². The van der Waals surface area contributed by atoms with Crippen molar-refractivity contribution in [1.82, 2.24) is 20.0 Å². The Morgan fingerprint density at radius 3 is 2.33 bits per heavy atom. The molecule has 1 amide bonds. The van der Waals surface area contributed by atoms with Gasteiger partial charge in [-0.2, -0.15) is 5.10 Å². The average molecular weight is 405 g/mol. The fraction of sp³-hybridized carbons (Fsp3) is 0.391. The van der Waals surface area contributed by atoms with Crippen molar-refractivity contribution in [2.75, 3.05) is 23.3 Å². The first-order chi connectivity index (χ1) is 14.4. The van der Waals surface area contributed by atoms with Gasteiger partial charge >= 0.3 is 0 Å². The highest BCUT2D eigenvalue weighted by Crippen LogP contribution is 2.24. The second kappa shape index (κ2) is 8.26. The van der Waals surface area contributed by atoms with Crippen molar-refractivity contribution in [3.63, 3.8) is 0 Å². The van der Waals surface area contributed by atoms with E-state index in [9.17, 15) is 4.79 Å². The minimum absolute atomic E-state index is 0.0666. The van der Waals surface area contributed by atoms with Crippen LogP contribution in [0.5, 0.6) is 0 Å². The molecule has 2 aromatic heterocycles. The molecule has 156 valence electrons. The lowest BCUT2D eigenvalue weighted by Crippen LogP contribution is -2.41. The number of hydrogen-bond acceptors (Lipinski definition) is 5. The van der Waals surface area contributed by atoms with Gasteiger partial charge in [-0.15, -0.1) is 10.2 Å². The summed E-state index contributed by atoms with van der Waals surface area (Å²) in [5.74, 6) is 1.49. The molecule has 1 aromatic carbocycles. The predicted octanol–water partition coefficient (Wildman–Crippen LogP) is 3.75. The Hall–Kier alpha value is -3.22. The fourth-order valence-electron chi connectivity index (χ4n) is 4.15. The van der Waals surface area contributed by atoms with Gasteiger partial charge in [0.2, 0.25) is 5.91 Å². The van der Waals surface area contributed by atoms with E-state index >= 15 is 0 Å². The van der Waals surface area contributed by atoms with Crippen LogP contribution in [0.3, 0.4) is 0 Å². The molecule has 1 aliphatic rings. The Morgan fingerprint density at radius 2 is 1.70 bits per heavy atom. The maximum Gasteiger partial charge on any atom is 0.229 e. The Labute approximate surface area is 177 Å². The van der Waals surface area contributed by atoms with Gasteiger partial charge in [-0.1, -0.05) is 6.07 Å². The molecule has 4 rings (SSSR count). The average Bonchev–Trinajstić information content (AvgIpc) is 3.05. The molecule has 3 aromatic rings. The smallest absolute Gasteiger partial charge is 0.229 e. The summed E-state index contributed by atoms with van der Waals surface area (Å²) in [4.78, 5) is 15.0. The molecule has 7 heteroatoms. The standard InChI is InChI=1S/C23H28N6O/c1-15-10-16(2)12-20(11-15)24-23(30)19-6-5-9-28(14-19)21-7-8-22(26-25-21)29-18(4)13-17(3)27-29/h7-8,10-13,19H,5-6,9,14H2,1-4H3,(H,24,30). The van der Waals surface area contributed by atoms with E-state index in [0.29, 0.717) is 12.4 Å². The van der Waals surface area contributed by atoms with Crippen molar-refractivity contribution in [1.29, 1.82) is 0 Å². The first kappa shape index (κ1) is 20.1. The van der Waals surface area contributed by atoms with E-state index < -0.39 is 0 Å². The third kappa shape index (κ3) is 4.35. The van der Waals surface area contributed by atoms with Gasteiger partial charge in [-0.05, 0) is 82.0 Å². The van der Waals surface area contributed by atoms with Crippen molar-refractivity contribution in [3.8, 4) is 5.82 Å². The highest BCUT2D eigenvalue weighted by atomic mass is 16.1. The Kier molecular flexibility index (Phi) is 5.53. The predicted molar refractivity (Wildman–Crippen MR) is 118 cm³/mol. The maximum atomic E-state index is 12.9. The van der Waals surface area contributed by atoms with Gasteiger partial charge in [0.25, 0.3) is 0 Å². The molecule has 0 aliphatic carbocycles. The van der Waals surface area contributed by atoms with Crippen LogP contribution in [0.15, 0.2) is 36.4 Å². The number of amides is 1. The Bertz CT molecular complexity index is 1040. The number of hydrogen-bond donors (Lipinski definition) is 1. The van der Waals surface area contributed by atoms with Crippen molar-refractivity contribution in [3.05, 3.63) is 58.9 Å². The number of aryl methyl sites for hydroxylation is 4. The Balaban J connectivity index is 1.44. The molecular formula is C23H28N6O. The minimum atomic E-state index is -0.0722. The zero-order valence-electron chi connectivity index (χ0n) is 18.0. The fourth-order valence-corrected chi connectivity index (χ4v) is 4.15. The van der Waals surface area contributed by atoms with E-state index in [1.807, 2.05) is 58.0 Å². The normalized spacial score (nSPS) is 16.5. The number of nitrogens with zero attached hydrogens (tertiary/aromatic N) is 5. The lowest BCUT2D eigenvalue weighted by atomic mass is 9.97. The highest BCUT2D eigenvalue weighted by Gasteiger charge is 2.27. The second-order valence-corrected chi connectivity index (χ2v) is 8.24. The molecule has 0 radical (unpaired) electrons. The second-order valence-electron chi connectivity index (χ2n) is 8.24. The molecule has 1 N–H and O–H groups in total. The number of rotatable bonds is 4. The number of nitrogens with one attached hydrogen (secondary N) is 1. The van der Waals surface area contributed by atoms with E-state index in [1.54, 1.807) is 4.68 Å². The summed E-state index contributed by atoms with van der Waals surface area (Å²) in [6.45, 7) is 9.56. The third-order valence-electron chi connectivity index (χ3n) is 5.47. The van der Waals surface area contributed by atoms with Gasteiger partial charge in [0, 0.05) is 24.5 Å². The van der Waals surface area contributed by atoms with Crippen LogP contribution in [0.25, 0.3) is 5.82 Å². The summed E-state index contributed by atoms with van der Waals surface area (Å²) in [5, 5.41) is 16.3. The lowest BCUT2D eigenvalue weighted by molar-refractivity contribution is -0.120. The molecule has 1 aliphatic heterocycles. The van der Waals surface area contributed by atoms with Crippen LogP contribution >= 0.6 is 0 Å². The van der Waals surface area contributed by atoms with Crippen molar-refractivity contribution in [2.24, 2.45) is 5.92 Å². The van der Waals surface area contributed by atoms with Gasteiger partial charge in [-0.3, -0.25) is 4.79 Å². The molecule has 0 bridgehead atoms. The van der Waals surface area contributed by atoms with Gasteiger partial charge in [0.05, 0.1) is 11.6 Å². The largest absolute Gasteiger partial charge is 0.354 e. The summed E-state index contributed by atoms with van der Waals surface area (Å²) in [5.41, 5.74) is 5.13. The first-order valence-corrected chi connectivity index (χ1v) is 10.4.